The molecule has 0 saturated carbocycles. The molecule has 0 aromatic heterocycles. The molecular weight excluding hydrogens is 214 g/mol. The van der Waals surface area contributed by atoms with Crippen molar-refractivity contribution in [3.8, 4) is 0 Å². The zero-order valence-electron chi connectivity index (χ0n) is 9.22. The van der Waals surface area contributed by atoms with Crippen molar-refractivity contribution >= 4 is 17.4 Å². The molecule has 2 heterocycles. The number of benzene rings is 1. The molecule has 1 atom stereocenters. The third-order valence-corrected chi connectivity index (χ3v) is 3.22. The lowest BCUT2D eigenvalue weighted by Crippen LogP contribution is -2.35. The predicted molar refractivity (Wildman–Crippen MR) is 64.2 cm³/mol. The fourth-order valence-electron chi connectivity index (χ4n) is 2.46. The van der Waals surface area contributed by atoms with Crippen molar-refractivity contribution in [2.24, 2.45) is 0 Å². The van der Waals surface area contributed by atoms with Gasteiger partial charge in [0.1, 0.15) is 6.04 Å². The van der Waals surface area contributed by atoms with Crippen LogP contribution in [0, 0.1) is 0 Å². The van der Waals surface area contributed by atoms with Gasteiger partial charge in [0.2, 0.25) is 0 Å². The fourth-order valence-corrected chi connectivity index (χ4v) is 2.46. The Kier molecular flexibility index (Phi) is 2.01. The van der Waals surface area contributed by atoms with E-state index in [1.165, 1.54) is 0 Å². The van der Waals surface area contributed by atoms with Crippen LogP contribution in [-0.4, -0.2) is 22.6 Å². The Labute approximate surface area is 99.0 Å². The van der Waals surface area contributed by atoms with Crippen LogP contribution in [0.2, 0.25) is 0 Å². The van der Waals surface area contributed by atoms with E-state index in [4.69, 9.17) is 0 Å². The summed E-state index contributed by atoms with van der Waals surface area (Å²) in [6.07, 6.45) is 3.74. The number of fused-ring (bicyclic) bond motifs is 3. The Bertz CT molecular complexity index is 571. The van der Waals surface area contributed by atoms with E-state index >= 15 is 0 Å². The molecule has 0 N–H and O–H groups in total. The molecule has 0 saturated heterocycles. The number of ketones is 1. The highest BCUT2D eigenvalue weighted by Crippen LogP contribution is 2.39. The summed E-state index contributed by atoms with van der Waals surface area (Å²) in [5, 5.41) is 0. The number of nitrogens with zero attached hydrogens (tertiary/aromatic N) is 1. The second kappa shape index (κ2) is 3.42. The Morgan fingerprint density at radius 1 is 1.24 bits per heavy atom. The molecular formula is C14H11NO2. The van der Waals surface area contributed by atoms with Gasteiger partial charge in [-0.1, -0.05) is 24.3 Å². The maximum absolute atomic E-state index is 12.2. The van der Waals surface area contributed by atoms with Gasteiger partial charge in [0.25, 0.3) is 5.91 Å². The number of carbonyl (C=O) groups is 2. The maximum atomic E-state index is 12.2. The average molecular weight is 225 g/mol. The van der Waals surface area contributed by atoms with Gasteiger partial charge >= 0.3 is 0 Å². The third kappa shape index (κ3) is 1.22. The molecule has 84 valence electrons. The van der Waals surface area contributed by atoms with E-state index in [-0.39, 0.29) is 11.7 Å². The maximum Gasteiger partial charge on any atom is 0.259 e. The summed E-state index contributed by atoms with van der Waals surface area (Å²) in [6, 6.07) is 6.99. The van der Waals surface area contributed by atoms with Crippen LogP contribution in [0.25, 0.3) is 5.70 Å². The second-order valence-electron chi connectivity index (χ2n) is 4.19. The van der Waals surface area contributed by atoms with E-state index in [1.54, 1.807) is 23.1 Å². The van der Waals surface area contributed by atoms with Gasteiger partial charge in [0.15, 0.2) is 5.78 Å². The van der Waals surface area contributed by atoms with Gasteiger partial charge in [0.05, 0.1) is 5.70 Å². The zero-order valence-corrected chi connectivity index (χ0v) is 9.22. The standard InChI is InChI=1S/C14H11NO2/c1-2-5-11-13(16)8-12-9-6-3-4-7-10(9)14(17)15(11)12/h2-4,6-8,11H,1,5H2. The van der Waals surface area contributed by atoms with Gasteiger partial charge in [-0.3, -0.25) is 14.5 Å². The summed E-state index contributed by atoms with van der Waals surface area (Å²) in [5.74, 6) is -0.0905. The van der Waals surface area contributed by atoms with Gasteiger partial charge in [-0.25, -0.2) is 0 Å². The number of carbonyl (C=O) groups excluding carboxylic acids is 2. The Balaban J connectivity index is 2.13. The molecule has 0 fully saturated rings. The van der Waals surface area contributed by atoms with Crippen LogP contribution >= 0.6 is 0 Å². The molecule has 3 heteroatoms. The Morgan fingerprint density at radius 2 is 1.94 bits per heavy atom. The van der Waals surface area contributed by atoms with Gasteiger partial charge in [-0.15, -0.1) is 6.58 Å². The molecule has 3 nitrogen and oxygen atoms in total. The minimum Gasteiger partial charge on any atom is -0.296 e. The highest BCUT2D eigenvalue weighted by atomic mass is 16.2. The van der Waals surface area contributed by atoms with Crippen molar-refractivity contribution in [2.45, 2.75) is 12.5 Å². The van der Waals surface area contributed by atoms with Crippen molar-refractivity contribution < 1.29 is 9.59 Å². The zero-order chi connectivity index (χ0) is 12.0. The molecule has 1 unspecified atom stereocenters. The smallest absolute Gasteiger partial charge is 0.259 e. The number of amides is 1. The second-order valence-corrected chi connectivity index (χ2v) is 4.19. The summed E-state index contributed by atoms with van der Waals surface area (Å²) < 4.78 is 0. The molecule has 17 heavy (non-hydrogen) atoms. The lowest BCUT2D eigenvalue weighted by molar-refractivity contribution is -0.116. The van der Waals surface area contributed by atoms with Crippen molar-refractivity contribution in [2.75, 3.05) is 0 Å². The summed E-state index contributed by atoms with van der Waals surface area (Å²) in [7, 11) is 0. The van der Waals surface area contributed by atoms with Crippen LogP contribution in [0.4, 0.5) is 0 Å². The number of hydrogen-bond acceptors (Lipinski definition) is 2. The van der Waals surface area contributed by atoms with Gasteiger partial charge in [-0.2, -0.15) is 0 Å². The lowest BCUT2D eigenvalue weighted by Gasteiger charge is -2.19. The van der Waals surface area contributed by atoms with Crippen molar-refractivity contribution in [3.05, 3.63) is 54.1 Å². The fraction of sp³-hybridized carbons (Fsp3) is 0.143. The van der Waals surface area contributed by atoms with Crippen LogP contribution in [-0.2, 0) is 4.79 Å². The quantitative estimate of drug-likeness (QED) is 0.722. The van der Waals surface area contributed by atoms with E-state index in [0.717, 1.165) is 11.3 Å². The molecule has 2 aliphatic rings. The minimum absolute atomic E-state index is 0.0113. The van der Waals surface area contributed by atoms with E-state index < -0.39 is 6.04 Å². The highest BCUT2D eigenvalue weighted by molar-refractivity contribution is 6.19. The summed E-state index contributed by atoms with van der Waals surface area (Å²) in [4.78, 5) is 25.6. The monoisotopic (exact) mass is 225 g/mol. The molecule has 0 aliphatic carbocycles. The van der Waals surface area contributed by atoms with E-state index in [1.807, 2.05) is 18.2 Å². The van der Waals surface area contributed by atoms with Crippen molar-refractivity contribution in [1.82, 2.24) is 4.90 Å². The largest absolute Gasteiger partial charge is 0.296 e. The molecule has 1 amide bonds. The topological polar surface area (TPSA) is 37.4 Å². The van der Waals surface area contributed by atoms with E-state index in [9.17, 15) is 9.59 Å². The molecule has 2 aliphatic heterocycles. The molecule has 0 spiro atoms. The van der Waals surface area contributed by atoms with Crippen LogP contribution in [0.15, 0.2) is 43.0 Å². The Morgan fingerprint density at radius 3 is 2.65 bits per heavy atom. The molecule has 1 aromatic carbocycles. The first-order chi connectivity index (χ1) is 8.24. The van der Waals surface area contributed by atoms with E-state index in [0.29, 0.717) is 12.0 Å². The van der Waals surface area contributed by atoms with Gasteiger partial charge in [0, 0.05) is 17.2 Å². The average Bonchev–Trinajstić information content (AvgIpc) is 2.79. The van der Waals surface area contributed by atoms with E-state index in [2.05, 4.69) is 6.58 Å². The summed E-state index contributed by atoms with van der Waals surface area (Å²) >= 11 is 0. The normalized spacial score (nSPS) is 21.3. The van der Waals surface area contributed by atoms with Crippen LogP contribution < -0.4 is 0 Å². The summed E-state index contributed by atoms with van der Waals surface area (Å²) in [6.45, 7) is 3.63. The van der Waals surface area contributed by atoms with Crippen LogP contribution in [0.1, 0.15) is 22.3 Å². The van der Waals surface area contributed by atoms with Crippen molar-refractivity contribution in [3.63, 3.8) is 0 Å². The van der Waals surface area contributed by atoms with Gasteiger partial charge in [-0.05, 0) is 12.5 Å². The predicted octanol–water partition coefficient (Wildman–Crippen LogP) is 2.01. The SMILES string of the molecule is C=CCC1C(=O)C=C2c3ccccc3C(=O)N21. The third-order valence-electron chi connectivity index (χ3n) is 3.22. The first-order valence-corrected chi connectivity index (χ1v) is 5.53. The van der Waals surface area contributed by atoms with Crippen molar-refractivity contribution in [1.29, 1.82) is 0 Å². The molecule has 0 radical (unpaired) electrons. The van der Waals surface area contributed by atoms with Gasteiger partial charge < -0.3 is 0 Å². The number of rotatable bonds is 2. The molecule has 3 rings (SSSR count). The first-order valence-electron chi connectivity index (χ1n) is 5.53. The summed E-state index contributed by atoms with van der Waals surface area (Å²) in [5.41, 5.74) is 2.28. The molecule has 1 aromatic rings. The minimum atomic E-state index is -0.401. The van der Waals surface area contributed by atoms with Crippen LogP contribution in [0.3, 0.4) is 0 Å². The first kappa shape index (κ1) is 10.0. The van der Waals surface area contributed by atoms with Crippen LogP contribution in [0.5, 0.6) is 0 Å². The molecule has 0 bridgehead atoms. The highest BCUT2D eigenvalue weighted by Gasteiger charge is 2.43. The lowest BCUT2D eigenvalue weighted by atomic mass is 10.1. The Hall–Kier alpha value is -2.16. The number of hydrogen-bond donors (Lipinski definition) is 0.